The Bertz CT molecular complexity index is 1290. The van der Waals surface area contributed by atoms with E-state index in [1.807, 2.05) is 30.3 Å². The van der Waals surface area contributed by atoms with E-state index in [4.69, 9.17) is 27.9 Å². The van der Waals surface area contributed by atoms with Gasteiger partial charge in [0.25, 0.3) is 0 Å². The van der Waals surface area contributed by atoms with Crippen LogP contribution < -0.4 is 0 Å². The van der Waals surface area contributed by atoms with Gasteiger partial charge < -0.3 is 20.1 Å². The molecule has 1 aliphatic rings. The largest absolute Gasteiger partial charge is 0.394 e. The summed E-state index contributed by atoms with van der Waals surface area (Å²) in [7, 11) is 0. The summed E-state index contributed by atoms with van der Waals surface area (Å²) in [5, 5.41) is 31.7. The lowest BCUT2D eigenvalue weighted by Gasteiger charge is -2.19. The Balaban J connectivity index is 1.64. The normalized spacial score (nSPS) is 23.4. The second-order valence-corrected chi connectivity index (χ2v) is 9.15. The molecular formula is C21H18Cl2N4O4S. The summed E-state index contributed by atoms with van der Waals surface area (Å²) in [5.41, 5.74) is 2.81. The number of aliphatic hydroxyl groups excluding tert-OH is 3. The third-order valence-electron chi connectivity index (χ3n) is 5.29. The van der Waals surface area contributed by atoms with Crippen molar-refractivity contribution in [3.05, 3.63) is 58.1 Å². The zero-order valence-corrected chi connectivity index (χ0v) is 18.8. The van der Waals surface area contributed by atoms with Crippen molar-refractivity contribution in [1.29, 1.82) is 0 Å². The third kappa shape index (κ3) is 3.84. The number of rotatable bonds is 5. The number of benzene rings is 2. The summed E-state index contributed by atoms with van der Waals surface area (Å²) in [6.07, 6.45) is -4.47. The Labute approximate surface area is 196 Å². The van der Waals surface area contributed by atoms with Crippen LogP contribution in [0.3, 0.4) is 0 Å². The molecule has 3 N–H and O–H groups in total. The molecule has 0 spiro atoms. The highest BCUT2D eigenvalue weighted by Gasteiger charge is 2.45. The van der Waals surface area contributed by atoms with Crippen molar-refractivity contribution in [1.82, 2.24) is 19.5 Å². The quantitative estimate of drug-likeness (QED) is 0.364. The Morgan fingerprint density at radius 2 is 1.66 bits per heavy atom. The van der Waals surface area contributed by atoms with Crippen LogP contribution in [0.15, 0.2) is 47.6 Å². The Hall–Kier alpha value is -1.98. The number of hydrogen-bond donors (Lipinski definition) is 3. The fourth-order valence-corrected chi connectivity index (χ4v) is 4.94. The molecule has 0 aliphatic carbocycles. The molecule has 11 heteroatoms. The van der Waals surface area contributed by atoms with E-state index in [0.29, 0.717) is 43.3 Å². The first-order valence-electron chi connectivity index (χ1n) is 9.80. The molecule has 2 aromatic carbocycles. The maximum Gasteiger partial charge on any atom is 0.199 e. The smallest absolute Gasteiger partial charge is 0.199 e. The summed E-state index contributed by atoms with van der Waals surface area (Å²) >= 11 is 13.7. The van der Waals surface area contributed by atoms with E-state index in [1.54, 1.807) is 16.7 Å². The van der Waals surface area contributed by atoms with Gasteiger partial charge in [0.2, 0.25) is 0 Å². The van der Waals surface area contributed by atoms with Gasteiger partial charge in [0, 0.05) is 5.75 Å². The minimum atomic E-state index is -1.29. The number of ether oxygens (including phenoxy) is 1. The Morgan fingerprint density at radius 3 is 2.31 bits per heavy atom. The fraction of sp³-hybridized carbons (Fsp3) is 0.286. The van der Waals surface area contributed by atoms with E-state index in [1.165, 1.54) is 11.8 Å². The van der Waals surface area contributed by atoms with Crippen molar-refractivity contribution in [2.24, 2.45) is 0 Å². The molecule has 0 amide bonds. The highest BCUT2D eigenvalue weighted by atomic mass is 35.5. The second kappa shape index (κ2) is 8.75. The van der Waals surface area contributed by atoms with Crippen LogP contribution in [0.4, 0.5) is 0 Å². The van der Waals surface area contributed by atoms with Gasteiger partial charge in [-0.3, -0.25) is 4.57 Å². The van der Waals surface area contributed by atoms with Gasteiger partial charge in [-0.25, -0.2) is 15.0 Å². The van der Waals surface area contributed by atoms with Crippen molar-refractivity contribution in [3.8, 4) is 0 Å². The zero-order chi connectivity index (χ0) is 22.4. The number of hydrogen-bond acceptors (Lipinski definition) is 8. The van der Waals surface area contributed by atoms with Crippen LogP contribution in [-0.4, -0.2) is 59.8 Å². The highest BCUT2D eigenvalue weighted by molar-refractivity contribution is 7.98. The van der Waals surface area contributed by atoms with Gasteiger partial charge in [0.1, 0.15) is 18.3 Å². The number of aromatic nitrogens is 4. The van der Waals surface area contributed by atoms with Crippen molar-refractivity contribution in [2.45, 2.75) is 35.4 Å². The van der Waals surface area contributed by atoms with Crippen LogP contribution in [0.1, 0.15) is 11.8 Å². The number of fused-ring (bicyclic) bond motifs is 2. The first-order chi connectivity index (χ1) is 15.5. The summed E-state index contributed by atoms with van der Waals surface area (Å²) in [6.45, 7) is -0.434. The highest BCUT2D eigenvalue weighted by Crippen LogP contribution is 2.37. The molecule has 4 atom stereocenters. The van der Waals surface area contributed by atoms with Gasteiger partial charge in [-0.15, -0.1) is 0 Å². The third-order valence-corrected chi connectivity index (χ3v) is 7.03. The Kier molecular flexibility index (Phi) is 5.98. The van der Waals surface area contributed by atoms with Gasteiger partial charge >= 0.3 is 0 Å². The van der Waals surface area contributed by atoms with Crippen molar-refractivity contribution in [2.75, 3.05) is 6.61 Å². The minimum Gasteiger partial charge on any atom is -0.394 e. The van der Waals surface area contributed by atoms with E-state index in [9.17, 15) is 15.3 Å². The van der Waals surface area contributed by atoms with Gasteiger partial charge in [-0.2, -0.15) is 0 Å². The van der Waals surface area contributed by atoms with E-state index < -0.39 is 31.1 Å². The topological polar surface area (TPSA) is 114 Å². The molecule has 2 aromatic heterocycles. The average Bonchev–Trinajstić information content (AvgIpc) is 3.28. The van der Waals surface area contributed by atoms with E-state index in [2.05, 4.69) is 15.0 Å². The van der Waals surface area contributed by atoms with Gasteiger partial charge in [0.05, 0.1) is 27.7 Å². The molecule has 8 nitrogen and oxygen atoms in total. The lowest BCUT2D eigenvalue weighted by atomic mass is 10.1. The van der Waals surface area contributed by atoms with Gasteiger partial charge in [-0.1, -0.05) is 65.3 Å². The summed E-state index contributed by atoms with van der Waals surface area (Å²) in [6, 6.07) is 13.1. The van der Waals surface area contributed by atoms with Crippen molar-refractivity contribution >= 4 is 57.3 Å². The second-order valence-electron chi connectivity index (χ2n) is 7.39. The molecule has 0 bridgehead atoms. The fourth-order valence-electron chi connectivity index (χ4n) is 3.65. The molecule has 0 radical (unpaired) electrons. The van der Waals surface area contributed by atoms with E-state index >= 15 is 0 Å². The lowest BCUT2D eigenvalue weighted by molar-refractivity contribution is -0.0548. The number of aliphatic hydroxyl groups is 3. The molecular weight excluding hydrogens is 475 g/mol. The number of thioether (sulfide) groups is 1. The molecule has 166 valence electrons. The maximum atomic E-state index is 10.7. The molecule has 5 rings (SSSR count). The van der Waals surface area contributed by atoms with E-state index in [-0.39, 0.29) is 0 Å². The predicted octanol–water partition coefficient (Wildman–Crippen LogP) is 3.19. The van der Waals surface area contributed by atoms with Crippen LogP contribution in [-0.2, 0) is 10.5 Å². The summed E-state index contributed by atoms with van der Waals surface area (Å²) in [4.78, 5) is 13.9. The van der Waals surface area contributed by atoms with Crippen LogP contribution in [0.5, 0.6) is 0 Å². The molecule has 1 fully saturated rings. The van der Waals surface area contributed by atoms with Crippen LogP contribution >= 0.6 is 35.0 Å². The maximum absolute atomic E-state index is 10.7. The molecule has 3 heterocycles. The number of nitrogens with zero attached hydrogens (tertiary/aromatic N) is 4. The first kappa shape index (κ1) is 21.8. The molecule has 4 aromatic rings. The standard InChI is InChI=1S/C21H18Cl2N4O4S/c22-11-6-13-14(7-12(11)23)25-19-18(24-13)26-21(32-9-10-4-2-1-3-5-10)27(19)20-17(30)16(29)15(8-28)31-20/h1-7,15-17,20,28-30H,8-9H2. The van der Waals surface area contributed by atoms with Crippen LogP contribution in [0.2, 0.25) is 10.0 Å². The SMILES string of the molecule is OCC1OC(n2c(SCc3ccccc3)nc3nc4cc(Cl)c(Cl)cc4nc32)C(O)C1O. The molecule has 32 heavy (non-hydrogen) atoms. The molecule has 4 unspecified atom stereocenters. The van der Waals surface area contributed by atoms with Crippen LogP contribution in [0, 0.1) is 0 Å². The monoisotopic (exact) mass is 492 g/mol. The minimum absolute atomic E-state index is 0.337. The van der Waals surface area contributed by atoms with Crippen molar-refractivity contribution < 1.29 is 20.1 Å². The van der Waals surface area contributed by atoms with Crippen molar-refractivity contribution in [3.63, 3.8) is 0 Å². The van der Waals surface area contributed by atoms with Gasteiger partial charge in [0.15, 0.2) is 22.7 Å². The molecule has 1 aliphatic heterocycles. The zero-order valence-electron chi connectivity index (χ0n) is 16.5. The summed E-state index contributed by atoms with van der Waals surface area (Å²) in [5.74, 6) is 0.607. The molecule has 0 saturated carbocycles. The average molecular weight is 493 g/mol. The molecule has 1 saturated heterocycles. The number of halogens is 2. The number of imidazole rings is 1. The summed E-state index contributed by atoms with van der Waals surface area (Å²) < 4.78 is 7.39. The lowest BCUT2D eigenvalue weighted by Crippen LogP contribution is -2.33. The first-order valence-corrected chi connectivity index (χ1v) is 11.5. The Morgan fingerprint density at radius 1 is 0.969 bits per heavy atom. The van der Waals surface area contributed by atoms with Gasteiger partial charge in [-0.05, 0) is 17.7 Å². The van der Waals surface area contributed by atoms with Crippen LogP contribution in [0.25, 0.3) is 22.3 Å². The predicted molar refractivity (Wildman–Crippen MR) is 122 cm³/mol. The van der Waals surface area contributed by atoms with E-state index in [0.717, 1.165) is 5.56 Å².